The highest BCUT2D eigenvalue weighted by Gasteiger charge is 2.10. The average molecular weight is 231 g/mol. The first-order chi connectivity index (χ1) is 8.31. The molecule has 2 nitrogen and oxygen atoms in total. The SMILES string of the molecule is COCCc1ccc(C2=C(C)CCNC2)cc1. The van der Waals surface area contributed by atoms with E-state index in [1.165, 1.54) is 28.7 Å². The van der Waals surface area contributed by atoms with Crippen LogP contribution in [-0.4, -0.2) is 26.8 Å². The molecular formula is C15H21NO. The summed E-state index contributed by atoms with van der Waals surface area (Å²) in [6, 6.07) is 8.89. The molecule has 0 fully saturated rings. The van der Waals surface area contributed by atoms with E-state index in [1.54, 1.807) is 7.11 Å². The van der Waals surface area contributed by atoms with Crippen LogP contribution in [0.5, 0.6) is 0 Å². The largest absolute Gasteiger partial charge is 0.384 e. The second kappa shape index (κ2) is 5.99. The van der Waals surface area contributed by atoms with Gasteiger partial charge >= 0.3 is 0 Å². The van der Waals surface area contributed by atoms with Crippen LogP contribution < -0.4 is 5.32 Å². The van der Waals surface area contributed by atoms with Crippen molar-refractivity contribution in [2.24, 2.45) is 0 Å². The fourth-order valence-corrected chi connectivity index (χ4v) is 2.23. The summed E-state index contributed by atoms with van der Waals surface area (Å²) in [5, 5.41) is 3.43. The topological polar surface area (TPSA) is 21.3 Å². The minimum atomic E-state index is 0.794. The predicted octanol–water partition coefficient (Wildman–Crippen LogP) is 2.64. The summed E-state index contributed by atoms with van der Waals surface area (Å²) in [5.74, 6) is 0. The highest BCUT2D eigenvalue weighted by molar-refractivity contribution is 5.70. The van der Waals surface area contributed by atoms with E-state index in [0.717, 1.165) is 26.1 Å². The van der Waals surface area contributed by atoms with Crippen LogP contribution in [0.15, 0.2) is 29.8 Å². The Balaban J connectivity index is 2.12. The third-order valence-corrected chi connectivity index (χ3v) is 3.39. The molecule has 92 valence electrons. The zero-order valence-corrected chi connectivity index (χ0v) is 10.8. The van der Waals surface area contributed by atoms with E-state index < -0.39 is 0 Å². The van der Waals surface area contributed by atoms with Crippen LogP contribution in [0, 0.1) is 0 Å². The van der Waals surface area contributed by atoms with Crippen molar-refractivity contribution < 1.29 is 4.74 Å². The molecule has 17 heavy (non-hydrogen) atoms. The maximum atomic E-state index is 5.09. The zero-order valence-electron chi connectivity index (χ0n) is 10.8. The molecule has 0 spiro atoms. The Kier molecular flexibility index (Phi) is 4.35. The van der Waals surface area contributed by atoms with Crippen LogP contribution in [-0.2, 0) is 11.2 Å². The lowest BCUT2D eigenvalue weighted by molar-refractivity contribution is 0.202. The first-order valence-corrected chi connectivity index (χ1v) is 6.29. The van der Waals surface area contributed by atoms with Crippen LogP contribution in [0.4, 0.5) is 0 Å². The van der Waals surface area contributed by atoms with Gasteiger partial charge in [0, 0.05) is 13.7 Å². The molecule has 2 heteroatoms. The van der Waals surface area contributed by atoms with Gasteiger partial charge in [-0.1, -0.05) is 29.8 Å². The van der Waals surface area contributed by atoms with Crippen molar-refractivity contribution in [3.63, 3.8) is 0 Å². The van der Waals surface area contributed by atoms with Crippen LogP contribution >= 0.6 is 0 Å². The lowest BCUT2D eigenvalue weighted by atomic mass is 9.95. The minimum Gasteiger partial charge on any atom is -0.384 e. The monoisotopic (exact) mass is 231 g/mol. The number of ether oxygens (including phenoxy) is 1. The van der Waals surface area contributed by atoms with E-state index in [1.807, 2.05) is 0 Å². The fraction of sp³-hybridized carbons (Fsp3) is 0.467. The van der Waals surface area contributed by atoms with E-state index in [2.05, 4.69) is 36.5 Å². The van der Waals surface area contributed by atoms with Gasteiger partial charge in [0.05, 0.1) is 6.61 Å². The molecule has 0 radical (unpaired) electrons. The Hall–Kier alpha value is -1.12. The Labute approximate surface area is 104 Å². The highest BCUT2D eigenvalue weighted by Crippen LogP contribution is 2.23. The zero-order chi connectivity index (χ0) is 12.1. The van der Waals surface area contributed by atoms with Crippen molar-refractivity contribution in [1.82, 2.24) is 5.32 Å². The summed E-state index contributed by atoms with van der Waals surface area (Å²) < 4.78 is 5.09. The Morgan fingerprint density at radius 3 is 2.65 bits per heavy atom. The van der Waals surface area contributed by atoms with Crippen LogP contribution in [0.1, 0.15) is 24.5 Å². The molecule has 1 aromatic rings. The number of methoxy groups -OCH3 is 1. The molecule has 1 heterocycles. The molecule has 0 saturated carbocycles. The van der Waals surface area contributed by atoms with Gasteiger partial charge in [-0.05, 0) is 43.0 Å². The maximum Gasteiger partial charge on any atom is 0.0502 e. The molecule has 1 aliphatic rings. The van der Waals surface area contributed by atoms with Crippen LogP contribution in [0.2, 0.25) is 0 Å². The quantitative estimate of drug-likeness (QED) is 0.860. The van der Waals surface area contributed by atoms with E-state index >= 15 is 0 Å². The van der Waals surface area contributed by atoms with Gasteiger partial charge in [0.15, 0.2) is 0 Å². The minimum absolute atomic E-state index is 0.794. The summed E-state index contributed by atoms with van der Waals surface area (Å²) in [5.41, 5.74) is 5.69. The molecule has 0 bridgehead atoms. The van der Waals surface area contributed by atoms with E-state index in [0.29, 0.717) is 0 Å². The van der Waals surface area contributed by atoms with Crippen LogP contribution in [0.3, 0.4) is 0 Å². The van der Waals surface area contributed by atoms with E-state index in [4.69, 9.17) is 4.74 Å². The van der Waals surface area contributed by atoms with Gasteiger partial charge in [-0.25, -0.2) is 0 Å². The summed E-state index contributed by atoms with van der Waals surface area (Å²) in [7, 11) is 1.75. The molecule has 0 atom stereocenters. The molecule has 0 saturated heterocycles. The third-order valence-electron chi connectivity index (χ3n) is 3.39. The van der Waals surface area contributed by atoms with Crippen molar-refractivity contribution in [2.45, 2.75) is 19.8 Å². The number of hydrogen-bond acceptors (Lipinski definition) is 2. The van der Waals surface area contributed by atoms with Gasteiger partial charge in [0.25, 0.3) is 0 Å². The second-order valence-corrected chi connectivity index (χ2v) is 4.63. The lowest BCUT2D eigenvalue weighted by Gasteiger charge is -2.19. The molecule has 0 aromatic heterocycles. The molecular weight excluding hydrogens is 210 g/mol. The van der Waals surface area contributed by atoms with Gasteiger partial charge in [-0.2, -0.15) is 0 Å². The Bertz CT molecular complexity index is 392. The Morgan fingerprint density at radius 2 is 2.00 bits per heavy atom. The lowest BCUT2D eigenvalue weighted by Crippen LogP contribution is -2.23. The van der Waals surface area contributed by atoms with Crippen molar-refractivity contribution in [3.8, 4) is 0 Å². The molecule has 1 aliphatic heterocycles. The third kappa shape index (κ3) is 3.18. The highest BCUT2D eigenvalue weighted by atomic mass is 16.5. The smallest absolute Gasteiger partial charge is 0.0502 e. The number of benzene rings is 1. The van der Waals surface area contributed by atoms with Gasteiger partial charge in [-0.3, -0.25) is 0 Å². The molecule has 1 aromatic carbocycles. The van der Waals surface area contributed by atoms with E-state index in [9.17, 15) is 0 Å². The summed E-state index contributed by atoms with van der Waals surface area (Å²) in [6.07, 6.45) is 2.16. The van der Waals surface area contributed by atoms with E-state index in [-0.39, 0.29) is 0 Å². The molecule has 0 aliphatic carbocycles. The summed E-state index contributed by atoms with van der Waals surface area (Å²) in [4.78, 5) is 0. The summed E-state index contributed by atoms with van der Waals surface area (Å²) in [6.45, 7) is 5.15. The fourth-order valence-electron chi connectivity index (χ4n) is 2.23. The molecule has 1 N–H and O–H groups in total. The second-order valence-electron chi connectivity index (χ2n) is 4.63. The molecule has 2 rings (SSSR count). The number of hydrogen-bond donors (Lipinski definition) is 1. The normalized spacial score (nSPS) is 16.4. The predicted molar refractivity (Wildman–Crippen MR) is 72.1 cm³/mol. The first-order valence-electron chi connectivity index (χ1n) is 6.29. The van der Waals surface area contributed by atoms with Gasteiger partial charge in [-0.15, -0.1) is 0 Å². The van der Waals surface area contributed by atoms with Crippen molar-refractivity contribution in [2.75, 3.05) is 26.8 Å². The number of rotatable bonds is 4. The van der Waals surface area contributed by atoms with Crippen molar-refractivity contribution in [3.05, 3.63) is 41.0 Å². The summed E-state index contributed by atoms with van der Waals surface area (Å²) >= 11 is 0. The average Bonchev–Trinajstić information content (AvgIpc) is 2.38. The Morgan fingerprint density at radius 1 is 1.24 bits per heavy atom. The van der Waals surface area contributed by atoms with Crippen molar-refractivity contribution in [1.29, 1.82) is 0 Å². The van der Waals surface area contributed by atoms with Gasteiger partial charge < -0.3 is 10.1 Å². The standard InChI is InChI=1S/C15H21NO/c1-12-7-9-16-11-15(12)14-5-3-13(4-6-14)8-10-17-2/h3-6,16H,7-11H2,1-2H3. The molecule has 0 amide bonds. The van der Waals surface area contributed by atoms with Gasteiger partial charge in [0.2, 0.25) is 0 Å². The van der Waals surface area contributed by atoms with Crippen LogP contribution in [0.25, 0.3) is 5.57 Å². The molecule has 0 unspecified atom stereocenters. The van der Waals surface area contributed by atoms with Crippen molar-refractivity contribution >= 4 is 5.57 Å². The first kappa shape index (κ1) is 12.3. The maximum absolute atomic E-state index is 5.09. The number of nitrogens with one attached hydrogen (secondary N) is 1. The van der Waals surface area contributed by atoms with Gasteiger partial charge in [0.1, 0.15) is 0 Å².